The second-order valence-corrected chi connectivity index (χ2v) is 9.09. The number of hydrogen-bond acceptors (Lipinski definition) is 2. The normalized spacial score (nSPS) is 23.8. The first-order valence-electron chi connectivity index (χ1n) is 10.1. The van der Waals surface area contributed by atoms with E-state index >= 15 is 0 Å². The molecule has 1 saturated carbocycles. The largest absolute Gasteiger partial charge is 0.311 e. The van der Waals surface area contributed by atoms with E-state index in [4.69, 9.17) is 23.2 Å². The first-order valence-corrected chi connectivity index (χ1v) is 10.9. The molecular weight excluding hydrogens is 403 g/mol. The lowest BCUT2D eigenvalue weighted by atomic mass is 9.86. The lowest BCUT2D eigenvalue weighted by Crippen LogP contribution is -2.40. The lowest BCUT2D eigenvalue weighted by molar-refractivity contribution is -0.121. The molecule has 2 unspecified atom stereocenters. The van der Waals surface area contributed by atoms with Crippen molar-refractivity contribution in [2.24, 2.45) is 16.8 Å². The highest BCUT2D eigenvalue weighted by atomic mass is 35.5. The van der Waals surface area contributed by atoms with E-state index in [2.05, 4.69) is 30.1 Å². The first kappa shape index (κ1) is 18.9. The molecule has 29 heavy (non-hydrogen) atoms. The number of fused-ring (bicyclic) bond motifs is 2. The van der Waals surface area contributed by atoms with Gasteiger partial charge in [-0.2, -0.15) is 0 Å². The summed E-state index contributed by atoms with van der Waals surface area (Å²) in [5.74, 6) is 0.0256. The summed E-state index contributed by atoms with van der Waals surface area (Å²) in [5, 5.41) is 1.00. The van der Waals surface area contributed by atoms with Crippen LogP contribution in [0.3, 0.4) is 0 Å². The van der Waals surface area contributed by atoms with Crippen LogP contribution in [0.25, 0.3) is 5.70 Å². The van der Waals surface area contributed by atoms with Gasteiger partial charge in [0.25, 0.3) is 0 Å². The second-order valence-electron chi connectivity index (χ2n) is 8.28. The van der Waals surface area contributed by atoms with Crippen LogP contribution in [0, 0.1) is 11.8 Å². The molecule has 3 nitrogen and oxygen atoms in total. The van der Waals surface area contributed by atoms with Gasteiger partial charge in [-0.05, 0) is 49.1 Å². The van der Waals surface area contributed by atoms with E-state index < -0.39 is 0 Å². The van der Waals surface area contributed by atoms with E-state index in [-0.39, 0.29) is 23.2 Å². The van der Waals surface area contributed by atoms with Crippen LogP contribution in [-0.4, -0.2) is 18.7 Å². The van der Waals surface area contributed by atoms with Crippen LogP contribution in [0.4, 0.5) is 5.69 Å². The maximum Gasteiger partial charge on any atom is 0.234 e. The van der Waals surface area contributed by atoms with Crippen LogP contribution < -0.4 is 4.90 Å². The minimum absolute atomic E-state index is 0.0944. The summed E-state index contributed by atoms with van der Waals surface area (Å²) in [6, 6.07) is 13.9. The average Bonchev–Trinajstić information content (AvgIpc) is 3.46. The monoisotopic (exact) mass is 424 g/mol. The number of anilines is 1. The number of para-hydroxylation sites is 1. The summed E-state index contributed by atoms with van der Waals surface area (Å²) in [4.78, 5) is 20.4. The van der Waals surface area contributed by atoms with Gasteiger partial charge in [0, 0.05) is 35.3 Å². The number of rotatable bonds is 3. The molecule has 5 rings (SSSR count). The maximum absolute atomic E-state index is 13.7. The molecule has 3 aliphatic rings. The predicted octanol–water partition coefficient (Wildman–Crippen LogP) is 6.14. The fraction of sp³-hybridized carbons (Fsp3) is 0.333. The Labute approximate surface area is 181 Å². The van der Waals surface area contributed by atoms with Gasteiger partial charge in [0.2, 0.25) is 5.91 Å². The standard InChI is InChI=1S/C24H22Cl2N2O/c1-2-15-13-27-21(16-7-8-19(25)20(26)11-16)12-17(15)23(29)28-14-24(9-10-24)18-5-3-4-6-22(18)28/h3-8,11-13,15,17H,2,9-10,14H2,1H3. The zero-order valence-corrected chi connectivity index (χ0v) is 17.7. The third-order valence-electron chi connectivity index (χ3n) is 6.52. The highest BCUT2D eigenvalue weighted by molar-refractivity contribution is 6.42. The first-order chi connectivity index (χ1) is 14.0. The fourth-order valence-electron chi connectivity index (χ4n) is 4.63. The van der Waals surface area contributed by atoms with Crippen molar-refractivity contribution in [3.8, 4) is 0 Å². The van der Waals surface area contributed by atoms with Gasteiger partial charge in [-0.1, -0.05) is 54.4 Å². The van der Waals surface area contributed by atoms with Gasteiger partial charge in [-0.25, -0.2) is 0 Å². The van der Waals surface area contributed by atoms with Crippen LogP contribution in [0.5, 0.6) is 0 Å². The Morgan fingerprint density at radius 1 is 1.17 bits per heavy atom. The third-order valence-corrected chi connectivity index (χ3v) is 7.26. The molecule has 5 heteroatoms. The van der Waals surface area contributed by atoms with Crippen LogP contribution in [0.1, 0.15) is 37.3 Å². The molecule has 1 amide bonds. The summed E-state index contributed by atoms with van der Waals surface area (Å²) in [6.07, 6.45) is 7.14. The smallest absolute Gasteiger partial charge is 0.234 e. The molecule has 0 bridgehead atoms. The highest BCUT2D eigenvalue weighted by Gasteiger charge is 2.53. The van der Waals surface area contributed by atoms with E-state index in [1.165, 1.54) is 18.4 Å². The Bertz CT molecular complexity index is 1050. The van der Waals surface area contributed by atoms with E-state index in [0.717, 1.165) is 29.9 Å². The van der Waals surface area contributed by atoms with E-state index in [1.54, 1.807) is 6.07 Å². The van der Waals surface area contributed by atoms with Crippen LogP contribution in [0.15, 0.2) is 53.5 Å². The molecule has 2 aromatic rings. The highest BCUT2D eigenvalue weighted by Crippen LogP contribution is 2.56. The second kappa shape index (κ2) is 7.00. The molecule has 0 radical (unpaired) electrons. The summed E-state index contributed by atoms with van der Waals surface area (Å²) in [7, 11) is 0. The summed E-state index contributed by atoms with van der Waals surface area (Å²) in [5.41, 5.74) is 4.26. The predicted molar refractivity (Wildman–Crippen MR) is 120 cm³/mol. The molecule has 148 valence electrons. The number of nitrogens with zero attached hydrogens (tertiary/aromatic N) is 2. The number of aliphatic imine (C=N–C) groups is 1. The molecular formula is C24H22Cl2N2O. The van der Waals surface area contributed by atoms with Gasteiger partial charge in [0.15, 0.2) is 0 Å². The molecule has 2 aliphatic heterocycles. The van der Waals surface area contributed by atoms with Crippen LogP contribution in [0.2, 0.25) is 10.0 Å². The quantitative estimate of drug-likeness (QED) is 0.582. The van der Waals surface area contributed by atoms with Crippen molar-refractivity contribution < 1.29 is 4.79 Å². The van der Waals surface area contributed by atoms with Crippen molar-refractivity contribution in [1.82, 2.24) is 0 Å². The topological polar surface area (TPSA) is 32.7 Å². The van der Waals surface area contributed by atoms with E-state index in [9.17, 15) is 4.79 Å². The third kappa shape index (κ3) is 3.12. The maximum atomic E-state index is 13.7. The summed E-state index contributed by atoms with van der Waals surface area (Å²) >= 11 is 12.3. The lowest BCUT2D eigenvalue weighted by Gasteiger charge is -2.28. The number of carbonyl (C=O) groups excluding carboxylic acids is 1. The van der Waals surface area contributed by atoms with Gasteiger partial charge < -0.3 is 4.90 Å². The van der Waals surface area contributed by atoms with Crippen molar-refractivity contribution in [3.05, 3.63) is 69.7 Å². The molecule has 2 atom stereocenters. The van der Waals surface area contributed by atoms with Gasteiger partial charge in [-0.15, -0.1) is 0 Å². The van der Waals surface area contributed by atoms with E-state index in [0.29, 0.717) is 10.0 Å². The molecule has 0 aromatic heterocycles. The molecule has 0 saturated heterocycles. The average molecular weight is 425 g/mol. The number of benzene rings is 2. The zero-order chi connectivity index (χ0) is 20.2. The number of hydrogen-bond donors (Lipinski definition) is 0. The Kier molecular flexibility index (Phi) is 4.56. The summed E-state index contributed by atoms with van der Waals surface area (Å²) < 4.78 is 0. The number of carbonyl (C=O) groups is 1. The Balaban J connectivity index is 1.50. The van der Waals surface area contributed by atoms with Crippen molar-refractivity contribution in [3.63, 3.8) is 0 Å². The van der Waals surface area contributed by atoms with Gasteiger partial charge in [0.1, 0.15) is 0 Å². The van der Waals surface area contributed by atoms with Gasteiger partial charge in [-0.3, -0.25) is 9.79 Å². The number of amides is 1. The van der Waals surface area contributed by atoms with Crippen molar-refractivity contribution in [2.45, 2.75) is 31.6 Å². The Morgan fingerprint density at radius 3 is 2.69 bits per heavy atom. The Hall–Kier alpha value is -2.10. The zero-order valence-electron chi connectivity index (χ0n) is 16.2. The SMILES string of the molecule is CCC1C=NC(c2ccc(Cl)c(Cl)c2)=CC1C(=O)N1CC2(CC2)c2ccccc21. The van der Waals surface area contributed by atoms with Gasteiger partial charge in [0.05, 0.1) is 21.7 Å². The molecule has 2 heterocycles. The van der Waals surface area contributed by atoms with Crippen LogP contribution >= 0.6 is 23.2 Å². The van der Waals surface area contributed by atoms with Crippen molar-refractivity contribution in [1.29, 1.82) is 0 Å². The minimum atomic E-state index is -0.232. The van der Waals surface area contributed by atoms with Gasteiger partial charge >= 0.3 is 0 Å². The molecule has 1 spiro atoms. The number of halogens is 2. The molecule has 1 aliphatic carbocycles. The van der Waals surface area contributed by atoms with Crippen molar-refractivity contribution >= 4 is 46.7 Å². The van der Waals surface area contributed by atoms with E-state index in [1.807, 2.05) is 35.4 Å². The molecule has 2 aromatic carbocycles. The Morgan fingerprint density at radius 2 is 1.97 bits per heavy atom. The molecule has 1 fully saturated rings. The van der Waals surface area contributed by atoms with Crippen molar-refractivity contribution in [2.75, 3.05) is 11.4 Å². The summed E-state index contributed by atoms with van der Waals surface area (Å²) in [6.45, 7) is 2.90. The van der Waals surface area contributed by atoms with Crippen LogP contribution in [-0.2, 0) is 10.2 Å². The molecule has 0 N–H and O–H groups in total. The minimum Gasteiger partial charge on any atom is -0.311 e. The fourth-order valence-corrected chi connectivity index (χ4v) is 4.93.